The summed E-state index contributed by atoms with van der Waals surface area (Å²) < 4.78 is 9.97. The van der Waals surface area contributed by atoms with Gasteiger partial charge in [-0.1, -0.05) is 0 Å². The van der Waals surface area contributed by atoms with Crippen LogP contribution in [0.2, 0.25) is 0 Å². The number of carbonyl (C=O) groups is 2. The summed E-state index contributed by atoms with van der Waals surface area (Å²) >= 11 is 0. The molecule has 122 valence electrons. The van der Waals surface area contributed by atoms with Gasteiger partial charge in [0.15, 0.2) is 0 Å². The van der Waals surface area contributed by atoms with Gasteiger partial charge in [0.1, 0.15) is 5.60 Å². The fourth-order valence-corrected chi connectivity index (χ4v) is 2.40. The third-order valence-corrected chi connectivity index (χ3v) is 3.61. The fraction of sp³-hybridized carbons (Fsp3) is 0.867. The normalized spacial score (nSPS) is 23.4. The molecule has 1 fully saturated rings. The molecule has 1 heterocycles. The van der Waals surface area contributed by atoms with Crippen molar-refractivity contribution in [1.29, 1.82) is 0 Å². The van der Waals surface area contributed by atoms with E-state index in [-0.39, 0.29) is 18.0 Å². The molecule has 1 N–H and O–H groups in total. The minimum atomic E-state index is -0.522. The molecule has 0 aromatic heterocycles. The third kappa shape index (κ3) is 6.33. The molecule has 1 aliphatic rings. The maximum Gasteiger partial charge on any atom is 0.410 e. The number of amides is 1. The number of methoxy groups -OCH3 is 1. The number of hydrogen-bond donors (Lipinski definition) is 1. The van der Waals surface area contributed by atoms with Crippen molar-refractivity contribution >= 4 is 12.1 Å². The SMILES string of the molecule is COC(=O)CC[C@H]1CCN(C(=O)OC(C)(C)C)CC[C@@H]1O. The number of ether oxygens (including phenoxy) is 2. The first-order valence-corrected chi connectivity index (χ1v) is 7.45. The smallest absolute Gasteiger partial charge is 0.410 e. The first kappa shape index (κ1) is 17.8. The number of aliphatic hydroxyl groups is 1. The molecule has 0 aliphatic carbocycles. The lowest BCUT2D eigenvalue weighted by atomic mass is 9.92. The lowest BCUT2D eigenvalue weighted by Gasteiger charge is -2.26. The van der Waals surface area contributed by atoms with Crippen LogP contribution in [-0.2, 0) is 14.3 Å². The van der Waals surface area contributed by atoms with Crippen molar-refractivity contribution in [3.8, 4) is 0 Å². The molecule has 0 saturated carbocycles. The molecule has 0 radical (unpaired) electrons. The minimum absolute atomic E-state index is 0.0107. The molecule has 0 bridgehead atoms. The highest BCUT2D eigenvalue weighted by molar-refractivity contribution is 5.69. The van der Waals surface area contributed by atoms with Crippen LogP contribution >= 0.6 is 0 Å². The summed E-state index contributed by atoms with van der Waals surface area (Å²) in [7, 11) is 1.36. The van der Waals surface area contributed by atoms with Crippen molar-refractivity contribution < 1.29 is 24.2 Å². The molecular weight excluding hydrogens is 274 g/mol. The van der Waals surface area contributed by atoms with Crippen molar-refractivity contribution in [1.82, 2.24) is 4.90 Å². The Kier molecular flexibility index (Phi) is 6.45. The topological polar surface area (TPSA) is 76.1 Å². The maximum atomic E-state index is 12.0. The van der Waals surface area contributed by atoms with E-state index in [1.54, 1.807) is 4.90 Å². The van der Waals surface area contributed by atoms with Crippen LogP contribution in [0.5, 0.6) is 0 Å². The van der Waals surface area contributed by atoms with Crippen LogP contribution in [-0.4, -0.2) is 54.0 Å². The Balaban J connectivity index is 2.51. The van der Waals surface area contributed by atoms with E-state index >= 15 is 0 Å². The standard InChI is InChI=1S/C15H27NO5/c1-15(2,3)21-14(19)16-9-7-11(12(17)8-10-16)5-6-13(18)20-4/h11-12,17H,5-10H2,1-4H3/t11-,12-/m0/s1. The Hall–Kier alpha value is -1.30. The molecule has 1 amide bonds. The van der Waals surface area contributed by atoms with Crippen LogP contribution in [0.15, 0.2) is 0 Å². The lowest BCUT2D eigenvalue weighted by Crippen LogP contribution is -2.37. The van der Waals surface area contributed by atoms with Gasteiger partial charge in [-0.3, -0.25) is 4.79 Å². The fourth-order valence-electron chi connectivity index (χ4n) is 2.40. The van der Waals surface area contributed by atoms with Crippen LogP contribution in [0.25, 0.3) is 0 Å². The predicted octanol–water partition coefficient (Wildman–Crippen LogP) is 1.95. The first-order valence-electron chi connectivity index (χ1n) is 7.45. The van der Waals surface area contributed by atoms with Crippen LogP contribution in [0.1, 0.15) is 46.5 Å². The summed E-state index contributed by atoms with van der Waals surface area (Å²) in [5.74, 6) is -0.257. The van der Waals surface area contributed by atoms with E-state index < -0.39 is 11.7 Å². The van der Waals surface area contributed by atoms with E-state index in [4.69, 9.17) is 4.74 Å². The van der Waals surface area contributed by atoms with Crippen LogP contribution in [0.3, 0.4) is 0 Å². The van der Waals surface area contributed by atoms with Gasteiger partial charge in [0.2, 0.25) is 0 Å². The van der Waals surface area contributed by atoms with Crippen molar-refractivity contribution in [2.45, 2.75) is 58.2 Å². The van der Waals surface area contributed by atoms with Crippen LogP contribution < -0.4 is 0 Å². The molecule has 0 aromatic rings. The van der Waals surface area contributed by atoms with E-state index in [1.807, 2.05) is 20.8 Å². The van der Waals surface area contributed by atoms with Gasteiger partial charge in [-0.25, -0.2) is 4.79 Å². The van der Waals surface area contributed by atoms with Gasteiger partial charge in [-0.2, -0.15) is 0 Å². The second-order valence-corrected chi connectivity index (χ2v) is 6.49. The van der Waals surface area contributed by atoms with Crippen molar-refractivity contribution in [3.05, 3.63) is 0 Å². The Morgan fingerprint density at radius 3 is 2.43 bits per heavy atom. The lowest BCUT2D eigenvalue weighted by molar-refractivity contribution is -0.141. The van der Waals surface area contributed by atoms with Gasteiger partial charge >= 0.3 is 12.1 Å². The predicted molar refractivity (Wildman–Crippen MR) is 77.8 cm³/mol. The zero-order valence-electron chi connectivity index (χ0n) is 13.4. The quantitative estimate of drug-likeness (QED) is 0.806. The first-order chi connectivity index (χ1) is 9.73. The summed E-state index contributed by atoms with van der Waals surface area (Å²) in [5, 5.41) is 10.1. The third-order valence-electron chi connectivity index (χ3n) is 3.61. The Labute approximate surface area is 126 Å². The largest absolute Gasteiger partial charge is 0.469 e. The van der Waals surface area contributed by atoms with Crippen LogP contribution in [0, 0.1) is 5.92 Å². The molecule has 0 aromatic carbocycles. The Bertz CT molecular complexity index is 364. The zero-order chi connectivity index (χ0) is 16.0. The van der Waals surface area contributed by atoms with E-state index in [1.165, 1.54) is 7.11 Å². The van der Waals surface area contributed by atoms with E-state index in [0.717, 1.165) is 0 Å². The highest BCUT2D eigenvalue weighted by atomic mass is 16.6. The highest BCUT2D eigenvalue weighted by Gasteiger charge is 2.29. The number of nitrogens with zero attached hydrogens (tertiary/aromatic N) is 1. The molecule has 1 aliphatic heterocycles. The summed E-state index contributed by atoms with van der Waals surface area (Å²) in [4.78, 5) is 24.9. The van der Waals surface area contributed by atoms with Gasteiger partial charge in [0, 0.05) is 19.5 Å². The summed E-state index contributed by atoms with van der Waals surface area (Å²) in [6.07, 6.45) is 1.20. The Morgan fingerprint density at radius 1 is 1.24 bits per heavy atom. The average molecular weight is 301 g/mol. The maximum absolute atomic E-state index is 12.0. The number of likely N-dealkylation sites (tertiary alicyclic amines) is 1. The van der Waals surface area contributed by atoms with Crippen molar-refractivity contribution in [2.24, 2.45) is 5.92 Å². The second-order valence-electron chi connectivity index (χ2n) is 6.49. The van der Waals surface area contributed by atoms with Crippen molar-refractivity contribution in [2.75, 3.05) is 20.2 Å². The Morgan fingerprint density at radius 2 is 1.86 bits per heavy atom. The molecule has 1 rings (SSSR count). The zero-order valence-corrected chi connectivity index (χ0v) is 13.4. The number of aliphatic hydroxyl groups excluding tert-OH is 1. The summed E-state index contributed by atoms with van der Waals surface area (Å²) in [6.45, 7) is 6.51. The molecule has 0 spiro atoms. The number of esters is 1. The number of rotatable bonds is 3. The molecule has 2 atom stereocenters. The molecule has 0 unspecified atom stereocenters. The molecule has 1 saturated heterocycles. The summed E-state index contributed by atoms with van der Waals surface area (Å²) in [6, 6.07) is 0. The molecule has 21 heavy (non-hydrogen) atoms. The van der Waals surface area contributed by atoms with E-state index in [9.17, 15) is 14.7 Å². The van der Waals surface area contributed by atoms with Crippen molar-refractivity contribution in [3.63, 3.8) is 0 Å². The molecule has 6 nitrogen and oxygen atoms in total. The van der Waals surface area contributed by atoms with Crippen LogP contribution in [0.4, 0.5) is 4.79 Å². The molecule has 6 heteroatoms. The van der Waals surface area contributed by atoms with Gasteiger partial charge in [0.25, 0.3) is 0 Å². The van der Waals surface area contributed by atoms with Gasteiger partial charge in [-0.15, -0.1) is 0 Å². The second kappa shape index (κ2) is 7.64. The van der Waals surface area contributed by atoms with Gasteiger partial charge in [-0.05, 0) is 46.0 Å². The van der Waals surface area contributed by atoms with Gasteiger partial charge < -0.3 is 19.5 Å². The number of hydrogen-bond acceptors (Lipinski definition) is 5. The average Bonchev–Trinajstić information content (AvgIpc) is 2.56. The summed E-state index contributed by atoms with van der Waals surface area (Å²) in [5.41, 5.74) is -0.522. The molecular formula is C15H27NO5. The van der Waals surface area contributed by atoms with E-state index in [0.29, 0.717) is 38.8 Å². The number of carbonyl (C=O) groups excluding carboxylic acids is 2. The monoisotopic (exact) mass is 301 g/mol. The van der Waals surface area contributed by atoms with E-state index in [2.05, 4.69) is 4.74 Å². The minimum Gasteiger partial charge on any atom is -0.469 e. The van der Waals surface area contributed by atoms with Gasteiger partial charge in [0.05, 0.1) is 13.2 Å². The highest BCUT2D eigenvalue weighted by Crippen LogP contribution is 2.24.